The van der Waals surface area contributed by atoms with Gasteiger partial charge in [0.25, 0.3) is 0 Å². The van der Waals surface area contributed by atoms with Gasteiger partial charge in [-0.1, -0.05) is 0 Å². The number of ether oxygens (including phenoxy) is 2. The van der Waals surface area contributed by atoms with Gasteiger partial charge in [0.15, 0.2) is 5.70 Å². The largest absolute Gasteiger partial charge is 0.494 e. The molecule has 1 N–H and O–H groups in total. The maximum atomic E-state index is 13.4. The van der Waals surface area contributed by atoms with Gasteiger partial charge >= 0.3 is 12.1 Å². The van der Waals surface area contributed by atoms with Crippen LogP contribution < -0.4 is 15.2 Å². The quantitative estimate of drug-likeness (QED) is 0.677. The van der Waals surface area contributed by atoms with Crippen LogP contribution in [0.4, 0.5) is 23.2 Å². The normalized spacial score (nSPS) is 15.1. The van der Waals surface area contributed by atoms with Gasteiger partial charge in [-0.15, -0.1) is 0 Å². The number of esters is 1. The van der Waals surface area contributed by atoms with Gasteiger partial charge in [-0.25, -0.2) is 14.6 Å². The molecule has 5 nitrogen and oxygen atoms in total. The first-order valence-corrected chi connectivity index (χ1v) is 6.64. The van der Waals surface area contributed by atoms with Crippen LogP contribution in [0.15, 0.2) is 29.5 Å². The summed E-state index contributed by atoms with van der Waals surface area (Å²) in [6, 6.07) is 3.07. The van der Waals surface area contributed by atoms with Crippen molar-refractivity contribution in [3.05, 3.63) is 35.3 Å². The number of carbonyl (C=O) groups is 1. The SMILES string of the molecule is CCOC(=O)C1=C(C(F)(F)F)N(c2ccc(F)cc2OC)NC1. The lowest BCUT2D eigenvalue weighted by atomic mass is 10.2. The van der Waals surface area contributed by atoms with Crippen molar-refractivity contribution in [3.8, 4) is 5.75 Å². The maximum absolute atomic E-state index is 13.4. The highest BCUT2D eigenvalue weighted by atomic mass is 19.4. The van der Waals surface area contributed by atoms with Crippen molar-refractivity contribution in [1.29, 1.82) is 0 Å². The summed E-state index contributed by atoms with van der Waals surface area (Å²) in [6.45, 7) is 1.08. The first-order valence-electron chi connectivity index (χ1n) is 6.64. The minimum atomic E-state index is -4.81. The Balaban J connectivity index is 2.53. The summed E-state index contributed by atoms with van der Waals surface area (Å²) in [4.78, 5) is 11.7. The number of alkyl halides is 3. The molecule has 1 heterocycles. The number of methoxy groups -OCH3 is 1. The molecule has 0 spiro atoms. The number of allylic oxidation sites excluding steroid dienone is 1. The summed E-state index contributed by atoms with van der Waals surface area (Å²) in [6.07, 6.45) is -4.81. The number of nitrogens with one attached hydrogen (secondary N) is 1. The van der Waals surface area contributed by atoms with E-state index in [1.165, 1.54) is 14.0 Å². The zero-order valence-corrected chi connectivity index (χ0v) is 12.3. The van der Waals surface area contributed by atoms with Crippen LogP contribution in [0.3, 0.4) is 0 Å². The van der Waals surface area contributed by atoms with Gasteiger partial charge in [-0.2, -0.15) is 13.2 Å². The Hall–Kier alpha value is -2.29. The van der Waals surface area contributed by atoms with Crippen LogP contribution in [0.2, 0.25) is 0 Å². The Morgan fingerprint density at radius 3 is 2.65 bits per heavy atom. The number of hydrogen-bond acceptors (Lipinski definition) is 5. The smallest absolute Gasteiger partial charge is 0.433 e. The standard InChI is InChI=1S/C14H14F4N2O3/c1-3-23-13(21)9-7-19-20(12(9)14(16,17)18)10-5-4-8(15)6-11(10)22-2/h4-6,19H,3,7H2,1-2H3. The fourth-order valence-electron chi connectivity index (χ4n) is 2.18. The summed E-state index contributed by atoms with van der Waals surface area (Å²) in [5.74, 6) is -1.83. The highest BCUT2D eigenvalue weighted by molar-refractivity contribution is 5.92. The summed E-state index contributed by atoms with van der Waals surface area (Å²) >= 11 is 0. The number of benzene rings is 1. The zero-order valence-electron chi connectivity index (χ0n) is 12.3. The fraction of sp³-hybridized carbons (Fsp3) is 0.357. The van der Waals surface area contributed by atoms with Crippen molar-refractivity contribution < 1.29 is 31.8 Å². The molecule has 0 aromatic heterocycles. The van der Waals surface area contributed by atoms with Crippen molar-refractivity contribution in [1.82, 2.24) is 5.43 Å². The van der Waals surface area contributed by atoms with Gasteiger partial charge in [0, 0.05) is 12.6 Å². The van der Waals surface area contributed by atoms with Gasteiger partial charge in [0.05, 0.1) is 25.0 Å². The number of hydrogen-bond donors (Lipinski definition) is 1. The van der Waals surface area contributed by atoms with Crippen LogP contribution in [0.1, 0.15) is 6.92 Å². The number of carbonyl (C=O) groups excluding carboxylic acids is 1. The molecule has 1 aromatic rings. The van der Waals surface area contributed by atoms with E-state index in [1.807, 2.05) is 0 Å². The monoisotopic (exact) mass is 334 g/mol. The highest BCUT2D eigenvalue weighted by Gasteiger charge is 2.46. The molecule has 0 saturated carbocycles. The molecule has 0 amide bonds. The topological polar surface area (TPSA) is 50.8 Å². The van der Waals surface area contributed by atoms with E-state index in [4.69, 9.17) is 4.74 Å². The van der Waals surface area contributed by atoms with E-state index in [1.54, 1.807) is 0 Å². The van der Waals surface area contributed by atoms with Crippen molar-refractivity contribution in [2.24, 2.45) is 0 Å². The predicted molar refractivity (Wildman–Crippen MR) is 73.1 cm³/mol. The van der Waals surface area contributed by atoms with E-state index >= 15 is 0 Å². The first kappa shape index (κ1) is 17.1. The predicted octanol–water partition coefficient (Wildman–Crippen LogP) is 2.54. The average molecular weight is 334 g/mol. The lowest BCUT2D eigenvalue weighted by molar-refractivity contribution is -0.139. The van der Waals surface area contributed by atoms with Crippen LogP contribution in [-0.4, -0.2) is 32.4 Å². The number of rotatable bonds is 4. The Kier molecular flexibility index (Phi) is 4.79. The third kappa shape index (κ3) is 3.39. The molecule has 0 unspecified atom stereocenters. The molecule has 0 saturated heterocycles. The van der Waals surface area contributed by atoms with E-state index in [9.17, 15) is 22.4 Å². The molecule has 0 bridgehead atoms. The molecule has 1 aliphatic rings. The minimum absolute atomic E-state index is 0.0483. The van der Waals surface area contributed by atoms with Crippen LogP contribution in [-0.2, 0) is 9.53 Å². The molecule has 0 fully saturated rings. The number of halogens is 4. The summed E-state index contributed by atoms with van der Waals surface area (Å²) in [7, 11) is 1.21. The third-order valence-corrected chi connectivity index (χ3v) is 3.10. The van der Waals surface area contributed by atoms with Crippen LogP contribution >= 0.6 is 0 Å². The Bertz CT molecular complexity index is 643. The second kappa shape index (κ2) is 6.45. The lowest BCUT2D eigenvalue weighted by Gasteiger charge is -2.25. The van der Waals surface area contributed by atoms with Crippen LogP contribution in [0.5, 0.6) is 5.75 Å². The van der Waals surface area contributed by atoms with Gasteiger partial charge in [-0.05, 0) is 19.1 Å². The van der Waals surface area contributed by atoms with Crippen molar-refractivity contribution in [3.63, 3.8) is 0 Å². The first-order chi connectivity index (χ1) is 10.8. The van der Waals surface area contributed by atoms with E-state index in [-0.39, 0.29) is 24.6 Å². The molecule has 0 atom stereocenters. The molecule has 2 rings (SSSR count). The van der Waals surface area contributed by atoms with Crippen molar-refractivity contribution in [2.45, 2.75) is 13.1 Å². The van der Waals surface area contributed by atoms with E-state index in [2.05, 4.69) is 10.2 Å². The molecule has 0 radical (unpaired) electrons. The molecule has 23 heavy (non-hydrogen) atoms. The maximum Gasteiger partial charge on any atom is 0.433 e. The lowest BCUT2D eigenvalue weighted by Crippen LogP contribution is -2.37. The minimum Gasteiger partial charge on any atom is -0.494 e. The summed E-state index contributed by atoms with van der Waals surface area (Å²) < 4.78 is 63.0. The molecular formula is C14H14F4N2O3. The summed E-state index contributed by atoms with van der Waals surface area (Å²) in [5.41, 5.74) is 0.622. The van der Waals surface area contributed by atoms with Gasteiger partial charge in [0.2, 0.25) is 0 Å². The Labute approximate surface area is 129 Å². The van der Waals surface area contributed by atoms with Crippen LogP contribution in [0.25, 0.3) is 0 Å². The number of hydrazine groups is 1. The average Bonchev–Trinajstić information content (AvgIpc) is 2.92. The Morgan fingerprint density at radius 2 is 2.09 bits per heavy atom. The number of nitrogens with zero attached hydrogens (tertiary/aromatic N) is 1. The van der Waals surface area contributed by atoms with Gasteiger partial charge < -0.3 is 9.47 Å². The second-order valence-electron chi connectivity index (χ2n) is 4.53. The molecule has 126 valence electrons. The summed E-state index contributed by atoms with van der Waals surface area (Å²) in [5, 5.41) is 0.657. The van der Waals surface area contributed by atoms with Crippen molar-refractivity contribution in [2.75, 3.05) is 25.3 Å². The van der Waals surface area contributed by atoms with Gasteiger partial charge in [0.1, 0.15) is 11.6 Å². The van der Waals surface area contributed by atoms with E-state index in [0.717, 1.165) is 18.2 Å². The highest BCUT2D eigenvalue weighted by Crippen LogP contribution is 2.40. The molecule has 0 aliphatic carbocycles. The third-order valence-electron chi connectivity index (χ3n) is 3.10. The Morgan fingerprint density at radius 1 is 1.39 bits per heavy atom. The van der Waals surface area contributed by atoms with E-state index in [0.29, 0.717) is 5.01 Å². The second-order valence-corrected chi connectivity index (χ2v) is 4.53. The molecular weight excluding hydrogens is 320 g/mol. The van der Waals surface area contributed by atoms with E-state index < -0.39 is 29.2 Å². The zero-order chi connectivity index (χ0) is 17.2. The number of anilines is 1. The molecule has 1 aliphatic heterocycles. The van der Waals surface area contributed by atoms with Gasteiger partial charge in [-0.3, -0.25) is 5.01 Å². The van der Waals surface area contributed by atoms with Crippen molar-refractivity contribution >= 4 is 11.7 Å². The fourth-order valence-corrected chi connectivity index (χ4v) is 2.18. The van der Waals surface area contributed by atoms with Crippen LogP contribution in [0, 0.1) is 5.82 Å². The molecule has 9 heteroatoms. The molecule has 1 aromatic carbocycles.